The van der Waals surface area contributed by atoms with Gasteiger partial charge in [-0.15, -0.1) is 0 Å². The molecule has 0 bridgehead atoms. The van der Waals surface area contributed by atoms with Crippen LogP contribution < -0.4 is 0 Å². The molecule has 6 nitrogen and oxygen atoms in total. The summed E-state index contributed by atoms with van der Waals surface area (Å²) in [7, 11) is -2.19. The van der Waals surface area contributed by atoms with Gasteiger partial charge in [0.1, 0.15) is 6.54 Å². The quantitative estimate of drug-likeness (QED) is 0.838. The predicted octanol–water partition coefficient (Wildman–Crippen LogP) is 0.882. The van der Waals surface area contributed by atoms with Crippen LogP contribution in [0.3, 0.4) is 0 Å². The zero-order valence-electron chi connectivity index (χ0n) is 12.4. The maximum absolute atomic E-state index is 12.3. The first-order chi connectivity index (χ1) is 10.3. The van der Waals surface area contributed by atoms with E-state index in [1.807, 2.05) is 6.07 Å². The van der Waals surface area contributed by atoms with Crippen molar-refractivity contribution in [2.24, 2.45) is 0 Å². The Balaban J connectivity index is 2.02. The van der Waals surface area contributed by atoms with Gasteiger partial charge in [-0.05, 0) is 42.5 Å². The number of carbonyl (C=O) groups excluding carboxylic acids is 1. The second-order valence-electron chi connectivity index (χ2n) is 5.50. The Morgan fingerprint density at radius 1 is 1.23 bits per heavy atom. The van der Waals surface area contributed by atoms with Crippen molar-refractivity contribution >= 4 is 21.7 Å². The van der Waals surface area contributed by atoms with Crippen LogP contribution >= 0.6 is 0 Å². The topological polar surface area (TPSA) is 91.8 Å². The molecular formula is C15H19NO5S. The van der Waals surface area contributed by atoms with Crippen molar-refractivity contribution in [3.05, 3.63) is 29.3 Å². The number of benzene rings is 1. The lowest BCUT2D eigenvalue weighted by Crippen LogP contribution is -2.33. The molecule has 0 radical (unpaired) electrons. The number of sulfone groups is 1. The largest absolute Gasteiger partial charge is 0.480 e. The van der Waals surface area contributed by atoms with Gasteiger partial charge in [-0.3, -0.25) is 9.59 Å². The molecule has 7 heteroatoms. The summed E-state index contributed by atoms with van der Waals surface area (Å²) in [5.41, 5.74) is 2.26. The Morgan fingerprint density at radius 3 is 2.59 bits per heavy atom. The molecule has 0 aliphatic heterocycles. The van der Waals surface area contributed by atoms with E-state index >= 15 is 0 Å². The molecular weight excluding hydrogens is 306 g/mol. The molecule has 1 N–H and O–H groups in total. The summed E-state index contributed by atoms with van der Waals surface area (Å²) in [5, 5.41) is 8.62. The maximum atomic E-state index is 12.3. The van der Waals surface area contributed by atoms with E-state index in [0.29, 0.717) is 0 Å². The van der Waals surface area contributed by atoms with Gasteiger partial charge in [-0.25, -0.2) is 8.42 Å². The summed E-state index contributed by atoms with van der Waals surface area (Å²) in [6.45, 7) is -0.433. The minimum absolute atomic E-state index is 0.219. The molecule has 0 spiro atoms. The van der Waals surface area contributed by atoms with E-state index in [0.717, 1.165) is 29.7 Å². The molecule has 1 amide bonds. The average molecular weight is 325 g/mol. The van der Waals surface area contributed by atoms with Crippen LogP contribution in [0.4, 0.5) is 0 Å². The second kappa shape index (κ2) is 6.48. The van der Waals surface area contributed by atoms with Crippen LogP contribution in [0.5, 0.6) is 0 Å². The molecule has 0 aromatic heterocycles. The number of fused-ring (bicyclic) bond motifs is 1. The Hall–Kier alpha value is -1.89. The minimum atomic E-state index is -3.53. The predicted molar refractivity (Wildman–Crippen MR) is 80.4 cm³/mol. The molecule has 2 rings (SSSR count). The van der Waals surface area contributed by atoms with Crippen molar-refractivity contribution in [1.29, 1.82) is 0 Å². The van der Waals surface area contributed by atoms with Gasteiger partial charge in [0.15, 0.2) is 9.84 Å². The SMILES string of the molecule is CN(CC(=O)O)C(=O)CCS(=O)(=O)c1ccc2c(c1)CCC2. The summed E-state index contributed by atoms with van der Waals surface area (Å²) in [4.78, 5) is 23.5. The smallest absolute Gasteiger partial charge is 0.323 e. The first-order valence-electron chi connectivity index (χ1n) is 7.10. The highest BCUT2D eigenvalue weighted by Crippen LogP contribution is 2.25. The van der Waals surface area contributed by atoms with Gasteiger partial charge < -0.3 is 10.0 Å². The maximum Gasteiger partial charge on any atom is 0.323 e. The van der Waals surface area contributed by atoms with E-state index in [9.17, 15) is 18.0 Å². The van der Waals surface area contributed by atoms with Crippen molar-refractivity contribution in [2.45, 2.75) is 30.6 Å². The number of hydrogen-bond acceptors (Lipinski definition) is 4. The molecule has 0 unspecified atom stereocenters. The summed E-state index contributed by atoms with van der Waals surface area (Å²) in [6, 6.07) is 5.13. The number of hydrogen-bond donors (Lipinski definition) is 1. The summed E-state index contributed by atoms with van der Waals surface area (Å²) in [5.74, 6) is -1.93. The molecule has 120 valence electrons. The normalized spacial score (nSPS) is 13.7. The van der Waals surface area contributed by atoms with E-state index in [-0.39, 0.29) is 17.1 Å². The Morgan fingerprint density at radius 2 is 1.91 bits per heavy atom. The third-order valence-corrected chi connectivity index (χ3v) is 5.53. The molecule has 22 heavy (non-hydrogen) atoms. The van der Waals surface area contributed by atoms with Crippen LogP contribution in [0.2, 0.25) is 0 Å². The van der Waals surface area contributed by atoms with Gasteiger partial charge in [0.05, 0.1) is 10.6 Å². The number of likely N-dealkylation sites (N-methyl/N-ethyl adjacent to an activating group) is 1. The highest BCUT2D eigenvalue weighted by atomic mass is 32.2. The monoisotopic (exact) mass is 325 g/mol. The van der Waals surface area contributed by atoms with Crippen LogP contribution in [0.15, 0.2) is 23.1 Å². The Kier molecular flexibility index (Phi) is 4.85. The average Bonchev–Trinajstić information content (AvgIpc) is 2.91. The third-order valence-electron chi connectivity index (χ3n) is 3.81. The van der Waals surface area contributed by atoms with Crippen LogP contribution in [0, 0.1) is 0 Å². The fraction of sp³-hybridized carbons (Fsp3) is 0.467. The number of carbonyl (C=O) groups is 2. The lowest BCUT2D eigenvalue weighted by atomic mass is 10.1. The zero-order valence-corrected chi connectivity index (χ0v) is 13.2. The number of amides is 1. The van der Waals surface area contributed by atoms with Gasteiger partial charge >= 0.3 is 5.97 Å². The first kappa shape index (κ1) is 16.5. The van der Waals surface area contributed by atoms with Gasteiger partial charge in [-0.2, -0.15) is 0 Å². The van der Waals surface area contributed by atoms with Gasteiger partial charge in [0.25, 0.3) is 0 Å². The van der Waals surface area contributed by atoms with Gasteiger partial charge in [-0.1, -0.05) is 6.07 Å². The lowest BCUT2D eigenvalue weighted by molar-refractivity contribution is -0.143. The Bertz CT molecular complexity index is 696. The molecule has 0 heterocycles. The number of carboxylic acid groups (broad SMARTS) is 1. The fourth-order valence-corrected chi connectivity index (χ4v) is 3.84. The molecule has 0 saturated carbocycles. The van der Waals surface area contributed by atoms with Gasteiger partial charge in [0, 0.05) is 13.5 Å². The molecule has 1 aliphatic carbocycles. The molecule has 0 fully saturated rings. The first-order valence-corrected chi connectivity index (χ1v) is 8.75. The minimum Gasteiger partial charge on any atom is -0.480 e. The number of aryl methyl sites for hydroxylation is 2. The second-order valence-corrected chi connectivity index (χ2v) is 7.61. The molecule has 0 atom stereocenters. The van der Waals surface area contributed by atoms with Crippen molar-refractivity contribution in [1.82, 2.24) is 4.90 Å². The fourth-order valence-electron chi connectivity index (χ4n) is 2.56. The molecule has 1 aromatic rings. The molecule has 0 saturated heterocycles. The van der Waals surface area contributed by atoms with Crippen molar-refractivity contribution in [2.75, 3.05) is 19.3 Å². The summed E-state index contributed by atoms with van der Waals surface area (Å²) < 4.78 is 24.6. The summed E-state index contributed by atoms with van der Waals surface area (Å²) in [6.07, 6.45) is 2.69. The van der Waals surface area contributed by atoms with Crippen LogP contribution in [-0.4, -0.2) is 49.6 Å². The molecule has 1 aliphatic rings. The number of rotatable bonds is 6. The van der Waals surface area contributed by atoms with E-state index in [1.54, 1.807) is 12.1 Å². The van der Waals surface area contributed by atoms with Crippen LogP contribution in [0.25, 0.3) is 0 Å². The van der Waals surface area contributed by atoms with Crippen molar-refractivity contribution < 1.29 is 23.1 Å². The van der Waals surface area contributed by atoms with Crippen molar-refractivity contribution in [3.63, 3.8) is 0 Å². The number of carboxylic acids is 1. The zero-order chi connectivity index (χ0) is 16.3. The summed E-state index contributed by atoms with van der Waals surface area (Å²) >= 11 is 0. The number of aliphatic carboxylic acids is 1. The van der Waals surface area contributed by atoms with Crippen LogP contribution in [-0.2, 0) is 32.3 Å². The molecule has 1 aromatic carbocycles. The van der Waals surface area contributed by atoms with Crippen LogP contribution in [0.1, 0.15) is 24.0 Å². The van der Waals surface area contributed by atoms with E-state index < -0.39 is 28.3 Å². The number of nitrogens with zero attached hydrogens (tertiary/aromatic N) is 1. The highest BCUT2D eigenvalue weighted by molar-refractivity contribution is 7.91. The van der Waals surface area contributed by atoms with Crippen molar-refractivity contribution in [3.8, 4) is 0 Å². The lowest BCUT2D eigenvalue weighted by Gasteiger charge is -2.14. The van der Waals surface area contributed by atoms with E-state index in [4.69, 9.17) is 5.11 Å². The highest BCUT2D eigenvalue weighted by Gasteiger charge is 2.21. The Labute approximate surface area is 129 Å². The van der Waals surface area contributed by atoms with Gasteiger partial charge in [0.2, 0.25) is 5.91 Å². The standard InChI is InChI=1S/C15H19NO5S/c1-16(10-15(18)19)14(17)7-8-22(20,21)13-6-5-11-3-2-4-12(11)9-13/h5-6,9H,2-4,7-8,10H2,1H3,(H,18,19). The van der Waals surface area contributed by atoms with E-state index in [2.05, 4.69) is 0 Å². The van der Waals surface area contributed by atoms with E-state index in [1.165, 1.54) is 12.6 Å². The third kappa shape index (κ3) is 3.85.